The summed E-state index contributed by atoms with van der Waals surface area (Å²) in [5.41, 5.74) is 12.5. The highest BCUT2D eigenvalue weighted by molar-refractivity contribution is 6.16. The number of rotatable bonds is 2. The second kappa shape index (κ2) is 10.1. The standard InChI is InChI=1S/C47H30N4O2/c1-47(2)32-18-6-3-15-28(32)41-30(17-13-19-33(41)47)42-29-16-4-7-20-34(29)48-46(49-42)51-35-21-8-5-14-27(35)31-26-40-44-45(43(31)51)53-39-25-12-10-23-37(39)50(44)36-22-9-11-24-38(36)52-40/h3-26H,1-2H3. The summed E-state index contributed by atoms with van der Waals surface area (Å²) in [6, 6.07) is 50.8. The Bertz CT molecular complexity index is 3060. The summed E-state index contributed by atoms with van der Waals surface area (Å²) in [5, 5.41) is 3.07. The van der Waals surface area contributed by atoms with E-state index in [0.29, 0.717) is 11.7 Å². The van der Waals surface area contributed by atoms with Crippen LogP contribution in [0.5, 0.6) is 23.0 Å². The zero-order chi connectivity index (χ0) is 35.0. The van der Waals surface area contributed by atoms with Gasteiger partial charge in [0.05, 0.1) is 28.1 Å². The Hall–Kier alpha value is -6.92. The van der Waals surface area contributed by atoms with Crippen LogP contribution in [0.15, 0.2) is 146 Å². The summed E-state index contributed by atoms with van der Waals surface area (Å²) in [6.07, 6.45) is 0. The van der Waals surface area contributed by atoms with Gasteiger partial charge in [0.1, 0.15) is 11.2 Å². The Kier molecular flexibility index (Phi) is 5.48. The van der Waals surface area contributed by atoms with Crippen molar-refractivity contribution in [3.8, 4) is 51.3 Å². The highest BCUT2D eigenvalue weighted by Gasteiger charge is 2.39. The lowest BCUT2D eigenvalue weighted by molar-refractivity contribution is 0.449. The lowest BCUT2D eigenvalue weighted by Crippen LogP contribution is -2.20. The van der Waals surface area contributed by atoms with Gasteiger partial charge in [-0.2, -0.15) is 0 Å². The second-order valence-corrected chi connectivity index (χ2v) is 14.6. The number of para-hydroxylation sites is 6. The molecule has 9 aromatic rings. The topological polar surface area (TPSA) is 52.4 Å². The van der Waals surface area contributed by atoms with Crippen molar-refractivity contribution < 1.29 is 9.47 Å². The van der Waals surface area contributed by atoms with Crippen molar-refractivity contribution in [1.29, 1.82) is 0 Å². The zero-order valence-electron chi connectivity index (χ0n) is 29.0. The maximum absolute atomic E-state index is 6.97. The van der Waals surface area contributed by atoms with Crippen LogP contribution in [0.1, 0.15) is 25.0 Å². The van der Waals surface area contributed by atoms with Crippen LogP contribution >= 0.6 is 0 Å². The van der Waals surface area contributed by atoms with E-state index >= 15 is 0 Å². The van der Waals surface area contributed by atoms with Gasteiger partial charge in [0.25, 0.3) is 0 Å². The van der Waals surface area contributed by atoms with Gasteiger partial charge < -0.3 is 9.47 Å². The Balaban J connectivity index is 1.19. The third-order valence-electron chi connectivity index (χ3n) is 11.4. The van der Waals surface area contributed by atoms with Crippen LogP contribution in [0.2, 0.25) is 0 Å². The molecule has 0 atom stereocenters. The van der Waals surface area contributed by atoms with E-state index in [1.165, 1.54) is 22.3 Å². The molecule has 2 aromatic heterocycles. The fourth-order valence-corrected chi connectivity index (χ4v) is 9.03. The first kappa shape index (κ1) is 28.7. The van der Waals surface area contributed by atoms with Crippen LogP contribution < -0.4 is 14.4 Å². The van der Waals surface area contributed by atoms with E-state index in [1.54, 1.807) is 0 Å². The number of benzene rings is 7. The van der Waals surface area contributed by atoms with Gasteiger partial charge in [-0.15, -0.1) is 0 Å². The predicted octanol–water partition coefficient (Wildman–Crippen LogP) is 12.4. The molecule has 0 amide bonds. The van der Waals surface area contributed by atoms with Gasteiger partial charge in [-0.1, -0.05) is 117 Å². The van der Waals surface area contributed by atoms with Gasteiger partial charge in [0.15, 0.2) is 23.0 Å². The Morgan fingerprint density at radius 3 is 2.06 bits per heavy atom. The van der Waals surface area contributed by atoms with Crippen molar-refractivity contribution in [2.75, 3.05) is 4.90 Å². The number of anilines is 3. The number of aromatic nitrogens is 3. The molecular weight excluding hydrogens is 653 g/mol. The summed E-state index contributed by atoms with van der Waals surface area (Å²) in [6.45, 7) is 4.64. The first-order chi connectivity index (χ1) is 26.1. The van der Waals surface area contributed by atoms with Crippen LogP contribution in [-0.4, -0.2) is 14.5 Å². The zero-order valence-corrected chi connectivity index (χ0v) is 29.0. The van der Waals surface area contributed by atoms with E-state index in [-0.39, 0.29) is 5.41 Å². The Morgan fingerprint density at radius 1 is 0.547 bits per heavy atom. The number of hydrogen-bond donors (Lipinski definition) is 0. The second-order valence-electron chi connectivity index (χ2n) is 14.6. The van der Waals surface area contributed by atoms with Crippen molar-refractivity contribution in [2.24, 2.45) is 0 Å². The largest absolute Gasteiger partial charge is 0.453 e. The molecule has 0 radical (unpaired) electrons. The summed E-state index contributed by atoms with van der Waals surface area (Å²) >= 11 is 0. The molecule has 0 saturated carbocycles. The smallest absolute Gasteiger partial charge is 0.235 e. The van der Waals surface area contributed by atoms with Crippen molar-refractivity contribution in [2.45, 2.75) is 19.3 Å². The molecule has 6 nitrogen and oxygen atoms in total. The summed E-state index contributed by atoms with van der Waals surface area (Å²) < 4.78 is 15.8. The summed E-state index contributed by atoms with van der Waals surface area (Å²) in [4.78, 5) is 13.2. The molecule has 0 fully saturated rings. The first-order valence-electron chi connectivity index (χ1n) is 18.0. The Morgan fingerprint density at radius 2 is 1.21 bits per heavy atom. The minimum atomic E-state index is -0.137. The molecule has 7 aromatic carbocycles. The van der Waals surface area contributed by atoms with Crippen molar-refractivity contribution in [3.05, 3.63) is 157 Å². The monoisotopic (exact) mass is 682 g/mol. The van der Waals surface area contributed by atoms with Crippen LogP contribution in [-0.2, 0) is 5.41 Å². The summed E-state index contributed by atoms with van der Waals surface area (Å²) in [5.74, 6) is 3.60. The van der Waals surface area contributed by atoms with Crippen LogP contribution in [0.3, 0.4) is 0 Å². The molecule has 0 spiro atoms. The average Bonchev–Trinajstić information content (AvgIpc) is 3.66. The molecule has 2 aliphatic heterocycles. The normalized spacial score (nSPS) is 14.3. The van der Waals surface area contributed by atoms with Gasteiger partial charge in [0, 0.05) is 27.1 Å². The highest BCUT2D eigenvalue weighted by atomic mass is 16.5. The molecule has 53 heavy (non-hydrogen) atoms. The fourth-order valence-electron chi connectivity index (χ4n) is 9.03. The maximum Gasteiger partial charge on any atom is 0.235 e. The Labute approximate surface area is 305 Å². The molecular formula is C47H30N4O2. The molecule has 250 valence electrons. The van der Waals surface area contributed by atoms with Gasteiger partial charge in [-0.25, -0.2) is 9.97 Å². The van der Waals surface area contributed by atoms with Crippen LogP contribution in [0.4, 0.5) is 17.1 Å². The van der Waals surface area contributed by atoms with Crippen molar-refractivity contribution >= 4 is 49.8 Å². The van der Waals surface area contributed by atoms with Crippen LogP contribution in [0, 0.1) is 0 Å². The van der Waals surface area contributed by atoms with E-state index in [0.717, 1.165) is 78.3 Å². The maximum atomic E-state index is 6.97. The third kappa shape index (κ3) is 3.71. The highest BCUT2D eigenvalue weighted by Crippen LogP contribution is 2.62. The first-order valence-corrected chi connectivity index (χ1v) is 18.0. The van der Waals surface area contributed by atoms with Gasteiger partial charge in [-0.05, 0) is 64.7 Å². The lowest BCUT2D eigenvalue weighted by atomic mass is 9.82. The van der Waals surface area contributed by atoms with Crippen molar-refractivity contribution in [3.63, 3.8) is 0 Å². The lowest BCUT2D eigenvalue weighted by Gasteiger charge is -2.38. The number of nitrogens with zero attached hydrogens (tertiary/aromatic N) is 4. The predicted molar refractivity (Wildman–Crippen MR) is 212 cm³/mol. The molecule has 1 aliphatic carbocycles. The molecule has 0 bridgehead atoms. The average molecular weight is 683 g/mol. The minimum Gasteiger partial charge on any atom is -0.453 e. The van der Waals surface area contributed by atoms with Gasteiger partial charge in [-0.3, -0.25) is 9.47 Å². The quantitative estimate of drug-likeness (QED) is 0.182. The summed E-state index contributed by atoms with van der Waals surface area (Å²) in [7, 11) is 0. The van der Waals surface area contributed by atoms with Gasteiger partial charge in [0.2, 0.25) is 5.95 Å². The number of hydrogen-bond acceptors (Lipinski definition) is 5. The SMILES string of the molecule is CC1(C)c2ccccc2-c2c(-c3nc(-n4c5ccccc5c5cc6c7c(c54)Oc4ccccc4N7c4ccccc4O6)nc4ccccc34)cccc21. The number of fused-ring (bicyclic) bond motifs is 12. The van der Waals surface area contributed by atoms with Crippen LogP contribution in [0.25, 0.3) is 61.0 Å². The molecule has 3 aliphatic rings. The molecule has 0 saturated heterocycles. The van der Waals surface area contributed by atoms with E-state index in [2.05, 4.69) is 133 Å². The van der Waals surface area contributed by atoms with Gasteiger partial charge >= 0.3 is 0 Å². The molecule has 6 heteroatoms. The molecule has 0 N–H and O–H groups in total. The molecule has 4 heterocycles. The van der Waals surface area contributed by atoms with E-state index in [9.17, 15) is 0 Å². The number of ether oxygens (including phenoxy) is 2. The van der Waals surface area contributed by atoms with E-state index in [1.807, 2.05) is 36.4 Å². The third-order valence-corrected chi connectivity index (χ3v) is 11.4. The fraction of sp³-hybridized carbons (Fsp3) is 0.0638. The van der Waals surface area contributed by atoms with E-state index < -0.39 is 0 Å². The molecule has 0 unspecified atom stereocenters. The minimum absolute atomic E-state index is 0.137. The van der Waals surface area contributed by atoms with Crippen molar-refractivity contribution in [1.82, 2.24) is 14.5 Å². The molecule has 12 rings (SSSR count). The van der Waals surface area contributed by atoms with E-state index in [4.69, 9.17) is 19.4 Å².